The number of hydrogen-bond donors (Lipinski definition) is 0. The van der Waals surface area contributed by atoms with Gasteiger partial charge in [0.1, 0.15) is 5.82 Å². The number of nitrogens with zero attached hydrogens (tertiary/aromatic N) is 4. The smallest absolute Gasteiger partial charge is 0.227 e. The van der Waals surface area contributed by atoms with Crippen LogP contribution in [0.3, 0.4) is 0 Å². The van der Waals surface area contributed by atoms with E-state index in [1.54, 1.807) is 18.5 Å². The van der Waals surface area contributed by atoms with E-state index in [0.717, 1.165) is 57.7 Å². The Morgan fingerprint density at radius 3 is 2.64 bits per heavy atom. The van der Waals surface area contributed by atoms with Crippen molar-refractivity contribution in [2.24, 2.45) is 0 Å². The fourth-order valence-electron chi connectivity index (χ4n) is 4.30. The molecule has 1 unspecified atom stereocenters. The van der Waals surface area contributed by atoms with Gasteiger partial charge in [0.05, 0.1) is 12.1 Å². The number of hydrogen-bond acceptors (Lipinski definition) is 4. The normalized spacial score (nSPS) is 21.0. The molecule has 6 heteroatoms. The van der Waals surface area contributed by atoms with Crippen LogP contribution in [0.25, 0.3) is 0 Å². The first-order chi connectivity index (χ1) is 13.7. The molecule has 0 bridgehead atoms. The number of para-hydroxylation sites is 1. The van der Waals surface area contributed by atoms with Crippen LogP contribution in [0, 0.1) is 5.82 Å². The van der Waals surface area contributed by atoms with Gasteiger partial charge in [-0.1, -0.05) is 18.2 Å². The number of likely N-dealkylation sites (tertiary alicyclic amines) is 1. The lowest BCUT2D eigenvalue weighted by Gasteiger charge is -2.44. The number of amides is 1. The molecule has 2 fully saturated rings. The van der Waals surface area contributed by atoms with Crippen molar-refractivity contribution in [2.45, 2.75) is 25.3 Å². The van der Waals surface area contributed by atoms with Crippen LogP contribution in [0.4, 0.5) is 10.1 Å². The zero-order valence-electron chi connectivity index (χ0n) is 16.1. The maximum absolute atomic E-state index is 14.0. The highest BCUT2D eigenvalue weighted by atomic mass is 19.1. The zero-order valence-corrected chi connectivity index (χ0v) is 16.1. The Labute approximate surface area is 165 Å². The number of piperidine rings is 1. The van der Waals surface area contributed by atoms with E-state index < -0.39 is 0 Å². The molecule has 5 nitrogen and oxygen atoms in total. The molecular formula is C22H27FN4O. The Morgan fingerprint density at radius 1 is 1.07 bits per heavy atom. The highest BCUT2D eigenvalue weighted by Crippen LogP contribution is 2.23. The van der Waals surface area contributed by atoms with Gasteiger partial charge in [-0.05, 0) is 36.6 Å². The third kappa shape index (κ3) is 4.33. The van der Waals surface area contributed by atoms with Gasteiger partial charge in [0.2, 0.25) is 5.91 Å². The minimum absolute atomic E-state index is 0.152. The maximum Gasteiger partial charge on any atom is 0.227 e. The monoisotopic (exact) mass is 382 g/mol. The molecule has 2 aromatic rings. The summed E-state index contributed by atoms with van der Waals surface area (Å²) in [7, 11) is 0. The van der Waals surface area contributed by atoms with Crippen molar-refractivity contribution in [1.29, 1.82) is 0 Å². The number of piperazine rings is 1. The molecule has 3 heterocycles. The minimum atomic E-state index is -0.152. The SMILES string of the molecule is O=C(Cc1cccnc1)N1CCCC(N2CCN(c3ccccc3F)CC2)C1. The van der Waals surface area contributed by atoms with Crippen molar-refractivity contribution < 1.29 is 9.18 Å². The summed E-state index contributed by atoms with van der Waals surface area (Å²) in [6, 6.07) is 11.2. The first-order valence-electron chi connectivity index (χ1n) is 10.1. The van der Waals surface area contributed by atoms with E-state index in [4.69, 9.17) is 0 Å². The standard InChI is InChI=1S/C22H27FN4O/c23-20-7-1-2-8-21(20)26-13-11-25(12-14-26)19-6-4-10-27(17-19)22(28)15-18-5-3-9-24-16-18/h1-3,5,7-9,16,19H,4,6,10-15,17H2. The summed E-state index contributed by atoms with van der Waals surface area (Å²) in [5, 5.41) is 0. The number of anilines is 1. The lowest BCUT2D eigenvalue weighted by atomic mass is 10.0. The van der Waals surface area contributed by atoms with E-state index in [2.05, 4.69) is 14.8 Å². The summed E-state index contributed by atoms with van der Waals surface area (Å²) in [5.41, 5.74) is 1.66. The van der Waals surface area contributed by atoms with Crippen LogP contribution >= 0.6 is 0 Å². The highest BCUT2D eigenvalue weighted by Gasteiger charge is 2.30. The molecule has 1 atom stereocenters. The number of benzene rings is 1. The van der Waals surface area contributed by atoms with Crippen molar-refractivity contribution in [2.75, 3.05) is 44.2 Å². The summed E-state index contributed by atoms with van der Waals surface area (Å²) in [6.45, 7) is 5.08. The lowest BCUT2D eigenvalue weighted by Crippen LogP contribution is -2.56. The van der Waals surface area contributed by atoms with Gasteiger partial charge in [-0.2, -0.15) is 0 Å². The van der Waals surface area contributed by atoms with Crippen LogP contribution in [-0.2, 0) is 11.2 Å². The number of carbonyl (C=O) groups is 1. The van der Waals surface area contributed by atoms with Crippen molar-refractivity contribution in [3.8, 4) is 0 Å². The van der Waals surface area contributed by atoms with Gasteiger partial charge >= 0.3 is 0 Å². The number of halogens is 1. The molecule has 1 aromatic heterocycles. The highest BCUT2D eigenvalue weighted by molar-refractivity contribution is 5.78. The summed E-state index contributed by atoms with van der Waals surface area (Å²) in [6.07, 6.45) is 6.07. The maximum atomic E-state index is 14.0. The number of rotatable bonds is 4. The molecule has 1 amide bonds. The number of aromatic nitrogens is 1. The van der Waals surface area contributed by atoms with Crippen LogP contribution in [0.1, 0.15) is 18.4 Å². The van der Waals surface area contributed by atoms with E-state index in [1.165, 1.54) is 6.07 Å². The van der Waals surface area contributed by atoms with Crippen LogP contribution < -0.4 is 4.90 Å². The van der Waals surface area contributed by atoms with Gasteiger partial charge in [-0.15, -0.1) is 0 Å². The Kier molecular flexibility index (Phi) is 5.86. The molecule has 0 saturated carbocycles. The summed E-state index contributed by atoms with van der Waals surface area (Å²) >= 11 is 0. The second-order valence-corrected chi connectivity index (χ2v) is 7.65. The van der Waals surface area contributed by atoms with Crippen LogP contribution in [0.2, 0.25) is 0 Å². The predicted molar refractivity (Wildman–Crippen MR) is 108 cm³/mol. The average molecular weight is 382 g/mol. The van der Waals surface area contributed by atoms with Crippen molar-refractivity contribution >= 4 is 11.6 Å². The molecule has 0 spiro atoms. The van der Waals surface area contributed by atoms with E-state index in [0.29, 0.717) is 18.2 Å². The molecule has 0 radical (unpaired) electrons. The molecule has 1 aromatic carbocycles. The van der Waals surface area contributed by atoms with Gasteiger partial charge < -0.3 is 9.80 Å². The molecule has 0 aliphatic carbocycles. The quantitative estimate of drug-likeness (QED) is 0.815. The topological polar surface area (TPSA) is 39.7 Å². The second-order valence-electron chi connectivity index (χ2n) is 7.65. The van der Waals surface area contributed by atoms with Gasteiger partial charge in [-0.3, -0.25) is 14.7 Å². The Morgan fingerprint density at radius 2 is 1.89 bits per heavy atom. The van der Waals surface area contributed by atoms with E-state index in [1.807, 2.05) is 29.2 Å². The first-order valence-corrected chi connectivity index (χ1v) is 10.1. The zero-order chi connectivity index (χ0) is 19.3. The largest absolute Gasteiger partial charge is 0.367 e. The van der Waals surface area contributed by atoms with Crippen molar-refractivity contribution in [3.63, 3.8) is 0 Å². The fraction of sp³-hybridized carbons (Fsp3) is 0.455. The lowest BCUT2D eigenvalue weighted by molar-refractivity contribution is -0.132. The van der Waals surface area contributed by atoms with Crippen LogP contribution in [0.5, 0.6) is 0 Å². The summed E-state index contributed by atoms with van der Waals surface area (Å²) in [5.74, 6) is 0.0310. The van der Waals surface area contributed by atoms with Crippen LogP contribution in [0.15, 0.2) is 48.8 Å². The van der Waals surface area contributed by atoms with Gasteiger partial charge in [0, 0.05) is 57.7 Å². The molecule has 2 saturated heterocycles. The van der Waals surface area contributed by atoms with Crippen LogP contribution in [-0.4, -0.2) is 66.0 Å². The molecule has 2 aliphatic heterocycles. The molecule has 2 aliphatic rings. The Bertz CT molecular complexity index is 792. The molecule has 4 rings (SSSR count). The fourth-order valence-corrected chi connectivity index (χ4v) is 4.30. The second kappa shape index (κ2) is 8.69. The molecule has 148 valence electrons. The Hall–Kier alpha value is -2.47. The molecular weight excluding hydrogens is 355 g/mol. The third-order valence-electron chi connectivity index (χ3n) is 5.85. The van der Waals surface area contributed by atoms with E-state index in [9.17, 15) is 9.18 Å². The summed E-state index contributed by atoms with van der Waals surface area (Å²) in [4.78, 5) is 23.4. The first kappa shape index (κ1) is 18.9. The van der Waals surface area contributed by atoms with E-state index >= 15 is 0 Å². The van der Waals surface area contributed by atoms with Gasteiger partial charge in [0.25, 0.3) is 0 Å². The number of pyridine rings is 1. The van der Waals surface area contributed by atoms with Crippen molar-refractivity contribution in [1.82, 2.24) is 14.8 Å². The predicted octanol–water partition coefficient (Wildman–Crippen LogP) is 2.58. The van der Waals surface area contributed by atoms with Gasteiger partial charge in [0.15, 0.2) is 0 Å². The van der Waals surface area contributed by atoms with Gasteiger partial charge in [-0.25, -0.2) is 4.39 Å². The minimum Gasteiger partial charge on any atom is -0.367 e. The Balaban J connectivity index is 1.32. The molecule has 0 N–H and O–H groups in total. The average Bonchev–Trinajstić information content (AvgIpc) is 2.75. The molecule has 28 heavy (non-hydrogen) atoms. The number of carbonyl (C=O) groups excluding carboxylic acids is 1. The third-order valence-corrected chi connectivity index (χ3v) is 5.85. The van der Waals surface area contributed by atoms with Crippen molar-refractivity contribution in [3.05, 3.63) is 60.2 Å². The van der Waals surface area contributed by atoms with E-state index in [-0.39, 0.29) is 11.7 Å². The summed E-state index contributed by atoms with van der Waals surface area (Å²) < 4.78 is 14.0.